The van der Waals surface area contributed by atoms with E-state index in [1.54, 1.807) is 19.1 Å². The van der Waals surface area contributed by atoms with E-state index in [-0.39, 0.29) is 37.3 Å². The average Bonchev–Trinajstić information content (AvgIpc) is 2.79. The molecule has 0 atom stereocenters. The van der Waals surface area contributed by atoms with Gasteiger partial charge in [0.15, 0.2) is 0 Å². The van der Waals surface area contributed by atoms with Gasteiger partial charge in [0, 0.05) is 19.2 Å². The van der Waals surface area contributed by atoms with Crippen LogP contribution >= 0.6 is 0 Å². The summed E-state index contributed by atoms with van der Waals surface area (Å²) in [5.41, 5.74) is 1.43. The van der Waals surface area contributed by atoms with Gasteiger partial charge >= 0.3 is 6.03 Å². The molecule has 4 amide bonds. The Morgan fingerprint density at radius 1 is 1.36 bits per heavy atom. The molecule has 0 aliphatic carbocycles. The van der Waals surface area contributed by atoms with Gasteiger partial charge in [-0.1, -0.05) is 12.1 Å². The van der Waals surface area contributed by atoms with E-state index < -0.39 is 6.03 Å². The quantitative estimate of drug-likeness (QED) is 0.626. The number of halogens is 1. The number of allylic oxidation sites excluding steroid dienone is 1. The third-order valence-electron chi connectivity index (χ3n) is 3.22. The third kappa shape index (κ3) is 3.91. The van der Waals surface area contributed by atoms with Crippen molar-refractivity contribution in [2.24, 2.45) is 0 Å². The lowest BCUT2D eigenvalue weighted by Crippen LogP contribution is -2.38. The van der Waals surface area contributed by atoms with Crippen molar-refractivity contribution in [1.82, 2.24) is 15.5 Å². The van der Waals surface area contributed by atoms with E-state index in [0.717, 1.165) is 10.5 Å². The highest BCUT2D eigenvalue weighted by atomic mass is 19.1. The molecule has 1 aliphatic heterocycles. The van der Waals surface area contributed by atoms with Crippen LogP contribution in [0.3, 0.4) is 0 Å². The molecule has 0 unspecified atom stereocenters. The minimum absolute atomic E-state index is 0.00361. The monoisotopic (exact) mass is 305 g/mol. The van der Waals surface area contributed by atoms with Gasteiger partial charge in [-0.25, -0.2) is 9.18 Å². The molecule has 22 heavy (non-hydrogen) atoms. The van der Waals surface area contributed by atoms with Crippen LogP contribution in [0, 0.1) is 5.82 Å². The number of hydrogen-bond acceptors (Lipinski definition) is 3. The van der Waals surface area contributed by atoms with E-state index in [1.165, 1.54) is 18.2 Å². The Kier molecular flexibility index (Phi) is 4.88. The zero-order chi connectivity index (χ0) is 16.1. The first-order valence-corrected chi connectivity index (χ1v) is 6.77. The van der Waals surface area contributed by atoms with Crippen molar-refractivity contribution in [3.05, 3.63) is 41.7 Å². The summed E-state index contributed by atoms with van der Waals surface area (Å²) in [4.78, 5) is 35.4. The van der Waals surface area contributed by atoms with Gasteiger partial charge in [0.05, 0.1) is 6.54 Å². The number of imide groups is 1. The second-order valence-electron chi connectivity index (χ2n) is 4.83. The van der Waals surface area contributed by atoms with Crippen LogP contribution in [0.1, 0.15) is 12.5 Å². The van der Waals surface area contributed by atoms with Crippen LogP contribution in [0.2, 0.25) is 0 Å². The number of rotatable bonds is 5. The predicted octanol–water partition coefficient (Wildman–Crippen LogP) is 0.897. The number of urea groups is 1. The maximum Gasteiger partial charge on any atom is 0.324 e. The number of nitrogens with zero attached hydrogens (tertiary/aromatic N) is 1. The van der Waals surface area contributed by atoms with Gasteiger partial charge in [-0.3, -0.25) is 14.5 Å². The van der Waals surface area contributed by atoms with Crippen LogP contribution in [0.25, 0.3) is 5.57 Å². The zero-order valence-electron chi connectivity index (χ0n) is 12.1. The summed E-state index contributed by atoms with van der Waals surface area (Å²) in [5.74, 6) is -0.985. The number of carbonyl (C=O) groups is 3. The first kappa shape index (κ1) is 15.7. The van der Waals surface area contributed by atoms with Crippen molar-refractivity contribution in [3.63, 3.8) is 0 Å². The molecule has 2 rings (SSSR count). The van der Waals surface area contributed by atoms with Crippen LogP contribution in [-0.2, 0) is 9.59 Å². The number of hydrogen-bond donors (Lipinski definition) is 2. The Morgan fingerprint density at radius 3 is 2.64 bits per heavy atom. The molecule has 0 radical (unpaired) electrons. The Hall–Kier alpha value is -2.70. The Morgan fingerprint density at radius 2 is 2.05 bits per heavy atom. The SMILES string of the molecule is C/C(=C\C(=O)NCCN1C(=O)CNC1=O)c1ccc(F)cc1. The Balaban J connectivity index is 1.84. The number of amides is 4. The molecule has 1 aromatic rings. The van der Waals surface area contributed by atoms with E-state index in [0.29, 0.717) is 5.57 Å². The van der Waals surface area contributed by atoms with Gasteiger partial charge in [-0.2, -0.15) is 0 Å². The molecule has 2 N–H and O–H groups in total. The summed E-state index contributed by atoms with van der Waals surface area (Å²) in [6.45, 7) is 2.03. The molecule has 1 aromatic carbocycles. The molecule has 1 saturated heterocycles. The molecule has 1 fully saturated rings. The summed E-state index contributed by atoms with van der Waals surface area (Å²) < 4.78 is 12.8. The maximum absolute atomic E-state index is 12.8. The highest BCUT2D eigenvalue weighted by Crippen LogP contribution is 2.13. The maximum atomic E-state index is 12.8. The number of carbonyl (C=O) groups excluding carboxylic acids is 3. The van der Waals surface area contributed by atoms with Crippen molar-refractivity contribution >= 4 is 23.4 Å². The Bertz CT molecular complexity index is 609. The summed E-state index contributed by atoms with van der Waals surface area (Å²) in [5, 5.41) is 5.00. The third-order valence-corrected chi connectivity index (χ3v) is 3.22. The first-order chi connectivity index (χ1) is 10.5. The molecule has 0 aromatic heterocycles. The fraction of sp³-hybridized carbons (Fsp3) is 0.267. The van der Waals surface area contributed by atoms with Crippen LogP contribution in [0.4, 0.5) is 9.18 Å². The molecule has 0 saturated carbocycles. The van der Waals surface area contributed by atoms with Gasteiger partial charge < -0.3 is 10.6 Å². The van der Waals surface area contributed by atoms with E-state index in [9.17, 15) is 18.8 Å². The predicted molar refractivity (Wildman–Crippen MR) is 78.2 cm³/mol. The summed E-state index contributed by atoms with van der Waals surface area (Å²) in [6, 6.07) is 5.37. The summed E-state index contributed by atoms with van der Waals surface area (Å²) in [7, 11) is 0. The van der Waals surface area contributed by atoms with Crippen LogP contribution < -0.4 is 10.6 Å². The zero-order valence-corrected chi connectivity index (χ0v) is 12.1. The van der Waals surface area contributed by atoms with Crippen LogP contribution in [-0.4, -0.2) is 42.4 Å². The summed E-state index contributed by atoms with van der Waals surface area (Å²) in [6.07, 6.45) is 1.39. The molecular weight excluding hydrogens is 289 g/mol. The molecule has 0 bridgehead atoms. The lowest BCUT2D eigenvalue weighted by Gasteiger charge is -2.12. The molecule has 6 nitrogen and oxygen atoms in total. The normalized spacial score (nSPS) is 15.0. The minimum Gasteiger partial charge on any atom is -0.351 e. The van der Waals surface area contributed by atoms with E-state index in [2.05, 4.69) is 10.6 Å². The highest BCUT2D eigenvalue weighted by Gasteiger charge is 2.27. The van der Waals surface area contributed by atoms with Crippen LogP contribution in [0.15, 0.2) is 30.3 Å². The lowest BCUT2D eigenvalue weighted by molar-refractivity contribution is -0.125. The van der Waals surface area contributed by atoms with Gasteiger partial charge in [0.2, 0.25) is 11.8 Å². The largest absolute Gasteiger partial charge is 0.351 e. The smallest absolute Gasteiger partial charge is 0.324 e. The molecule has 7 heteroatoms. The van der Waals surface area contributed by atoms with Crippen molar-refractivity contribution in [3.8, 4) is 0 Å². The number of benzene rings is 1. The van der Waals surface area contributed by atoms with Crippen molar-refractivity contribution in [1.29, 1.82) is 0 Å². The summed E-state index contributed by atoms with van der Waals surface area (Å²) >= 11 is 0. The molecule has 0 spiro atoms. The van der Waals surface area contributed by atoms with Gasteiger partial charge in [0.1, 0.15) is 5.82 Å². The second kappa shape index (κ2) is 6.84. The highest BCUT2D eigenvalue weighted by molar-refractivity contribution is 6.02. The fourth-order valence-electron chi connectivity index (χ4n) is 2.02. The topological polar surface area (TPSA) is 78.5 Å². The fourth-order valence-corrected chi connectivity index (χ4v) is 2.02. The van der Waals surface area contributed by atoms with E-state index in [1.807, 2.05) is 0 Å². The van der Waals surface area contributed by atoms with Gasteiger partial charge in [-0.05, 0) is 30.2 Å². The first-order valence-electron chi connectivity index (χ1n) is 6.77. The van der Waals surface area contributed by atoms with Crippen molar-refractivity contribution < 1.29 is 18.8 Å². The number of nitrogens with one attached hydrogen (secondary N) is 2. The van der Waals surface area contributed by atoms with Crippen molar-refractivity contribution in [2.45, 2.75) is 6.92 Å². The lowest BCUT2D eigenvalue weighted by atomic mass is 10.1. The van der Waals surface area contributed by atoms with Crippen LogP contribution in [0.5, 0.6) is 0 Å². The van der Waals surface area contributed by atoms with E-state index >= 15 is 0 Å². The molecule has 116 valence electrons. The molecule has 1 aliphatic rings. The second-order valence-corrected chi connectivity index (χ2v) is 4.83. The molecular formula is C15H16FN3O3. The Labute approximate surface area is 127 Å². The standard InChI is InChI=1S/C15H16FN3O3/c1-10(11-2-4-12(16)5-3-11)8-13(20)17-6-7-19-14(21)9-18-15(19)22/h2-5,8H,6-7,9H2,1H3,(H,17,20)(H,18,22)/b10-8+. The van der Waals surface area contributed by atoms with Gasteiger partial charge in [-0.15, -0.1) is 0 Å². The van der Waals surface area contributed by atoms with E-state index in [4.69, 9.17) is 0 Å². The molecule has 1 heterocycles. The van der Waals surface area contributed by atoms with Gasteiger partial charge in [0.25, 0.3) is 0 Å². The minimum atomic E-state index is -0.447. The van der Waals surface area contributed by atoms with Crippen molar-refractivity contribution in [2.75, 3.05) is 19.6 Å². The average molecular weight is 305 g/mol.